The maximum absolute atomic E-state index is 4.62. The summed E-state index contributed by atoms with van der Waals surface area (Å²) in [5.74, 6) is 2.71. The third kappa shape index (κ3) is 4.32. The minimum Gasteiger partial charge on any atom is -0.347 e. The van der Waals surface area contributed by atoms with Gasteiger partial charge in [-0.1, -0.05) is 13.8 Å². The van der Waals surface area contributed by atoms with Crippen molar-refractivity contribution in [3.8, 4) is 0 Å². The standard InChI is InChI=1S/C14H25N5S.C2H6/c1-18(2)13-16-14(20-17-13)19-9-5-12(6-10-19)11-3-7-15-8-4-11;1-2/h11-12,15H,3-10H2,1-2H3;1-2H3. The van der Waals surface area contributed by atoms with Crippen molar-refractivity contribution in [1.29, 1.82) is 0 Å². The molecule has 2 saturated heterocycles. The van der Waals surface area contributed by atoms with Crippen LogP contribution in [0.25, 0.3) is 0 Å². The lowest BCUT2D eigenvalue weighted by molar-refractivity contribution is 0.222. The fourth-order valence-corrected chi connectivity index (χ4v) is 4.18. The molecule has 0 unspecified atom stereocenters. The molecule has 0 spiro atoms. The second-order valence-corrected chi connectivity index (χ2v) is 6.91. The molecule has 0 saturated carbocycles. The number of anilines is 2. The third-order valence-electron chi connectivity index (χ3n) is 4.67. The molecule has 126 valence electrons. The third-order valence-corrected chi connectivity index (χ3v) is 5.43. The van der Waals surface area contributed by atoms with Crippen molar-refractivity contribution in [2.75, 3.05) is 50.1 Å². The van der Waals surface area contributed by atoms with Crippen LogP contribution in [-0.4, -0.2) is 49.6 Å². The molecule has 0 bridgehead atoms. The van der Waals surface area contributed by atoms with Crippen molar-refractivity contribution in [3.63, 3.8) is 0 Å². The number of piperidine rings is 2. The van der Waals surface area contributed by atoms with Gasteiger partial charge in [0.1, 0.15) is 0 Å². The van der Waals surface area contributed by atoms with E-state index in [1.54, 1.807) is 0 Å². The van der Waals surface area contributed by atoms with Crippen molar-refractivity contribution in [1.82, 2.24) is 14.7 Å². The molecule has 3 rings (SSSR count). The number of aromatic nitrogens is 2. The molecule has 0 atom stereocenters. The van der Waals surface area contributed by atoms with Crippen LogP contribution in [0.5, 0.6) is 0 Å². The second-order valence-electron chi connectivity index (χ2n) is 6.18. The fraction of sp³-hybridized carbons (Fsp3) is 0.875. The molecule has 2 aliphatic rings. The number of nitrogens with one attached hydrogen (secondary N) is 1. The summed E-state index contributed by atoms with van der Waals surface area (Å²) in [4.78, 5) is 9.01. The number of nitrogens with zero attached hydrogens (tertiary/aromatic N) is 4. The Bertz CT molecular complexity index is 420. The molecule has 6 heteroatoms. The molecule has 22 heavy (non-hydrogen) atoms. The minimum atomic E-state index is 0.838. The Morgan fingerprint density at radius 1 is 1.05 bits per heavy atom. The minimum absolute atomic E-state index is 0.838. The van der Waals surface area contributed by atoms with Crippen LogP contribution in [-0.2, 0) is 0 Å². The lowest BCUT2D eigenvalue weighted by Gasteiger charge is -2.37. The molecule has 0 aromatic carbocycles. The van der Waals surface area contributed by atoms with Gasteiger partial charge in [0, 0.05) is 38.7 Å². The van der Waals surface area contributed by atoms with E-state index in [0.717, 1.165) is 36.0 Å². The van der Waals surface area contributed by atoms with Gasteiger partial charge in [-0.3, -0.25) is 0 Å². The van der Waals surface area contributed by atoms with Gasteiger partial charge in [0.15, 0.2) is 0 Å². The van der Waals surface area contributed by atoms with E-state index < -0.39 is 0 Å². The van der Waals surface area contributed by atoms with Gasteiger partial charge in [0.05, 0.1) is 0 Å². The Kier molecular flexibility index (Phi) is 6.89. The summed E-state index contributed by atoms with van der Waals surface area (Å²) in [6.45, 7) is 8.73. The zero-order valence-electron chi connectivity index (χ0n) is 14.5. The monoisotopic (exact) mass is 325 g/mol. The summed E-state index contributed by atoms with van der Waals surface area (Å²) in [5.41, 5.74) is 0. The first-order chi connectivity index (χ1) is 10.7. The van der Waals surface area contributed by atoms with Gasteiger partial charge in [-0.25, -0.2) is 0 Å². The molecule has 2 aliphatic heterocycles. The summed E-state index contributed by atoms with van der Waals surface area (Å²) in [5, 5.41) is 4.56. The summed E-state index contributed by atoms with van der Waals surface area (Å²) in [7, 11) is 3.99. The first-order valence-electron chi connectivity index (χ1n) is 8.71. The van der Waals surface area contributed by atoms with E-state index in [1.165, 1.54) is 50.3 Å². The molecule has 5 nitrogen and oxygen atoms in total. The highest BCUT2D eigenvalue weighted by molar-refractivity contribution is 7.09. The lowest BCUT2D eigenvalue weighted by atomic mass is 9.79. The number of rotatable bonds is 3. The molecular weight excluding hydrogens is 294 g/mol. The van der Waals surface area contributed by atoms with Crippen LogP contribution in [0.15, 0.2) is 0 Å². The van der Waals surface area contributed by atoms with Crippen LogP contribution >= 0.6 is 11.5 Å². The summed E-state index contributed by atoms with van der Waals surface area (Å²) >= 11 is 1.53. The van der Waals surface area contributed by atoms with Gasteiger partial charge >= 0.3 is 0 Å². The largest absolute Gasteiger partial charge is 0.347 e. The van der Waals surface area contributed by atoms with E-state index in [4.69, 9.17) is 0 Å². The fourth-order valence-electron chi connectivity index (χ4n) is 3.40. The van der Waals surface area contributed by atoms with E-state index >= 15 is 0 Å². The van der Waals surface area contributed by atoms with E-state index in [2.05, 4.69) is 19.6 Å². The first-order valence-corrected chi connectivity index (χ1v) is 9.48. The lowest BCUT2D eigenvalue weighted by Crippen LogP contribution is -2.39. The van der Waals surface area contributed by atoms with Gasteiger partial charge in [0.25, 0.3) is 0 Å². The second kappa shape index (κ2) is 8.67. The zero-order valence-corrected chi connectivity index (χ0v) is 15.3. The Balaban J connectivity index is 0.000000847. The predicted octanol–water partition coefficient (Wildman–Crippen LogP) is 2.85. The van der Waals surface area contributed by atoms with Crippen LogP contribution < -0.4 is 15.1 Å². The quantitative estimate of drug-likeness (QED) is 0.926. The number of hydrogen-bond donors (Lipinski definition) is 1. The molecule has 2 fully saturated rings. The normalized spacial score (nSPS) is 20.5. The highest BCUT2D eigenvalue weighted by Crippen LogP contribution is 2.33. The first kappa shape index (κ1) is 17.5. The Labute approximate surface area is 139 Å². The highest BCUT2D eigenvalue weighted by atomic mass is 32.1. The van der Waals surface area contributed by atoms with Gasteiger partial charge < -0.3 is 15.1 Å². The molecule has 0 radical (unpaired) electrons. The maximum atomic E-state index is 4.62. The summed E-state index contributed by atoms with van der Waals surface area (Å²) < 4.78 is 4.41. The molecule has 0 amide bonds. The molecule has 1 N–H and O–H groups in total. The zero-order chi connectivity index (χ0) is 15.9. The van der Waals surface area contributed by atoms with Gasteiger partial charge in [-0.05, 0) is 50.6 Å². The van der Waals surface area contributed by atoms with Crippen molar-refractivity contribution < 1.29 is 0 Å². The van der Waals surface area contributed by atoms with Crippen LogP contribution in [0.2, 0.25) is 0 Å². The molecule has 1 aromatic heterocycles. The van der Waals surface area contributed by atoms with Crippen molar-refractivity contribution in [3.05, 3.63) is 0 Å². The molecule has 3 heterocycles. The topological polar surface area (TPSA) is 44.3 Å². The molecule has 0 aliphatic carbocycles. The van der Waals surface area contributed by atoms with Crippen LogP contribution in [0, 0.1) is 11.8 Å². The van der Waals surface area contributed by atoms with E-state index in [9.17, 15) is 0 Å². The summed E-state index contributed by atoms with van der Waals surface area (Å²) in [6, 6.07) is 0. The summed E-state index contributed by atoms with van der Waals surface area (Å²) in [6.07, 6.45) is 5.38. The van der Waals surface area contributed by atoms with E-state index in [-0.39, 0.29) is 0 Å². The number of hydrogen-bond acceptors (Lipinski definition) is 6. The van der Waals surface area contributed by atoms with Gasteiger partial charge in [-0.2, -0.15) is 9.36 Å². The maximum Gasteiger partial charge on any atom is 0.238 e. The predicted molar refractivity (Wildman–Crippen MR) is 96.1 cm³/mol. The Morgan fingerprint density at radius 2 is 1.64 bits per heavy atom. The molecular formula is C16H31N5S. The van der Waals surface area contributed by atoms with E-state index in [0.29, 0.717) is 0 Å². The van der Waals surface area contributed by atoms with Crippen LogP contribution in [0.3, 0.4) is 0 Å². The Morgan fingerprint density at radius 3 is 2.18 bits per heavy atom. The van der Waals surface area contributed by atoms with Crippen LogP contribution in [0.1, 0.15) is 39.5 Å². The smallest absolute Gasteiger partial charge is 0.238 e. The Hall–Kier alpha value is -0.880. The SMILES string of the molecule is CC.CN(C)c1nsc(N2CCC(C3CCNCC3)CC2)n1. The highest BCUT2D eigenvalue weighted by Gasteiger charge is 2.28. The van der Waals surface area contributed by atoms with E-state index in [1.807, 2.05) is 32.8 Å². The van der Waals surface area contributed by atoms with Gasteiger partial charge in [0.2, 0.25) is 11.1 Å². The van der Waals surface area contributed by atoms with Crippen molar-refractivity contribution in [2.45, 2.75) is 39.5 Å². The molecule has 1 aromatic rings. The van der Waals surface area contributed by atoms with Crippen molar-refractivity contribution in [2.24, 2.45) is 11.8 Å². The average Bonchev–Trinajstić information content (AvgIpc) is 3.08. The average molecular weight is 326 g/mol. The van der Waals surface area contributed by atoms with Crippen molar-refractivity contribution >= 4 is 22.6 Å². The van der Waals surface area contributed by atoms with Gasteiger partial charge in [-0.15, -0.1) is 0 Å². The van der Waals surface area contributed by atoms with Crippen LogP contribution in [0.4, 0.5) is 11.1 Å².